The monoisotopic (exact) mass is 212 g/mol. The van der Waals surface area contributed by atoms with Gasteiger partial charge in [0.2, 0.25) is 0 Å². The van der Waals surface area contributed by atoms with Crippen molar-refractivity contribution >= 4 is 5.97 Å². The van der Waals surface area contributed by atoms with Gasteiger partial charge >= 0.3 is 5.97 Å². The van der Waals surface area contributed by atoms with Crippen molar-refractivity contribution in [1.29, 1.82) is 0 Å². The third-order valence-electron chi connectivity index (χ3n) is 2.26. The quantitative estimate of drug-likeness (QED) is 0.738. The average molecular weight is 212 g/mol. The molecule has 0 radical (unpaired) electrons. The molecule has 7 heteroatoms. The van der Waals surface area contributed by atoms with Crippen LogP contribution < -0.4 is 0 Å². The fourth-order valence-electron chi connectivity index (χ4n) is 1.18. The van der Waals surface area contributed by atoms with Crippen molar-refractivity contribution in [3.63, 3.8) is 0 Å². The highest BCUT2D eigenvalue weighted by atomic mass is 16.5. The molecule has 1 aliphatic carbocycles. The number of nitrogens with zero attached hydrogens (tertiary/aromatic N) is 4. The lowest BCUT2D eigenvalue weighted by molar-refractivity contribution is -0.150. The van der Waals surface area contributed by atoms with Crippen molar-refractivity contribution < 1.29 is 14.6 Å². The van der Waals surface area contributed by atoms with E-state index in [-0.39, 0.29) is 6.61 Å². The van der Waals surface area contributed by atoms with Crippen molar-refractivity contribution in [3.8, 4) is 0 Å². The predicted octanol–water partition coefficient (Wildman–Crippen LogP) is -0.00230. The van der Waals surface area contributed by atoms with E-state index in [1.54, 1.807) is 4.68 Å². The Bertz CT molecular complexity index is 361. The van der Waals surface area contributed by atoms with E-state index in [0.29, 0.717) is 11.9 Å². The van der Waals surface area contributed by atoms with Crippen LogP contribution in [-0.2, 0) is 16.1 Å². The fourth-order valence-corrected chi connectivity index (χ4v) is 1.18. The summed E-state index contributed by atoms with van der Waals surface area (Å²) in [6, 6.07) is 0.374. The fraction of sp³-hybridized carbons (Fsp3) is 0.750. The topological polar surface area (TPSA) is 90.1 Å². The normalized spacial score (nSPS) is 17.7. The lowest BCUT2D eigenvalue weighted by atomic mass is 10.4. The zero-order valence-corrected chi connectivity index (χ0v) is 8.33. The van der Waals surface area contributed by atoms with Gasteiger partial charge in [-0.15, -0.1) is 5.10 Å². The summed E-state index contributed by atoms with van der Waals surface area (Å²) in [4.78, 5) is 10.5. The smallest absolute Gasteiger partial charge is 0.332 e. The molecule has 1 unspecified atom stereocenters. The van der Waals surface area contributed by atoms with Gasteiger partial charge in [-0.2, -0.15) is 0 Å². The predicted molar refractivity (Wildman–Crippen MR) is 48.0 cm³/mol. The van der Waals surface area contributed by atoms with Gasteiger partial charge in [-0.3, -0.25) is 0 Å². The minimum atomic E-state index is -0.986. The first-order valence-electron chi connectivity index (χ1n) is 4.79. The number of rotatable bonds is 5. The standard InChI is InChI=1S/C8H12N4O3/c1-5(8(13)14)15-4-7-9-10-11-12(7)6-2-3-6/h5-6H,2-4H2,1H3,(H,13,14). The molecular weight excluding hydrogens is 200 g/mol. The van der Waals surface area contributed by atoms with Crippen LogP contribution in [0.25, 0.3) is 0 Å². The van der Waals surface area contributed by atoms with Crippen molar-refractivity contribution in [2.24, 2.45) is 0 Å². The van der Waals surface area contributed by atoms with E-state index in [0.717, 1.165) is 12.8 Å². The molecule has 1 atom stereocenters. The van der Waals surface area contributed by atoms with Crippen LogP contribution in [0.4, 0.5) is 0 Å². The van der Waals surface area contributed by atoms with E-state index in [9.17, 15) is 4.79 Å². The molecule has 1 saturated carbocycles. The molecule has 2 rings (SSSR count). The van der Waals surface area contributed by atoms with E-state index >= 15 is 0 Å². The van der Waals surface area contributed by atoms with Gasteiger partial charge in [-0.05, 0) is 30.2 Å². The molecule has 15 heavy (non-hydrogen) atoms. The summed E-state index contributed by atoms with van der Waals surface area (Å²) in [6.45, 7) is 1.62. The van der Waals surface area contributed by atoms with Gasteiger partial charge in [0, 0.05) is 0 Å². The summed E-state index contributed by atoms with van der Waals surface area (Å²) in [5.41, 5.74) is 0. The van der Waals surface area contributed by atoms with Crippen LogP contribution in [0.5, 0.6) is 0 Å². The number of carboxylic acids is 1. The van der Waals surface area contributed by atoms with Crippen molar-refractivity contribution in [2.75, 3.05) is 0 Å². The summed E-state index contributed by atoms with van der Waals surface area (Å²) in [7, 11) is 0. The Morgan fingerprint density at radius 2 is 2.47 bits per heavy atom. The molecule has 1 fully saturated rings. The Morgan fingerprint density at radius 3 is 3.07 bits per heavy atom. The highest BCUT2D eigenvalue weighted by Crippen LogP contribution is 2.34. The molecule has 82 valence electrons. The summed E-state index contributed by atoms with van der Waals surface area (Å²) in [5.74, 6) is -0.397. The molecule has 0 aromatic carbocycles. The minimum absolute atomic E-state index is 0.136. The van der Waals surface area contributed by atoms with Crippen LogP contribution >= 0.6 is 0 Å². The second kappa shape index (κ2) is 3.93. The molecule has 1 aromatic heterocycles. The number of carboxylic acid groups (broad SMARTS) is 1. The number of tetrazole rings is 1. The summed E-state index contributed by atoms with van der Waals surface area (Å²) in [5, 5.41) is 19.8. The van der Waals surface area contributed by atoms with Crippen molar-refractivity contribution in [1.82, 2.24) is 20.2 Å². The summed E-state index contributed by atoms with van der Waals surface area (Å²) >= 11 is 0. The van der Waals surface area contributed by atoms with Gasteiger partial charge < -0.3 is 9.84 Å². The minimum Gasteiger partial charge on any atom is -0.479 e. The summed E-state index contributed by atoms with van der Waals surface area (Å²) < 4.78 is 6.81. The largest absolute Gasteiger partial charge is 0.479 e. The molecule has 0 amide bonds. The molecule has 7 nitrogen and oxygen atoms in total. The van der Waals surface area contributed by atoms with Gasteiger partial charge in [0.25, 0.3) is 0 Å². The zero-order chi connectivity index (χ0) is 10.8. The molecule has 1 aliphatic rings. The van der Waals surface area contributed by atoms with Crippen LogP contribution in [-0.4, -0.2) is 37.4 Å². The van der Waals surface area contributed by atoms with E-state index < -0.39 is 12.1 Å². The second-order valence-electron chi connectivity index (χ2n) is 3.56. The Labute approximate surface area is 86.0 Å². The summed E-state index contributed by atoms with van der Waals surface area (Å²) in [6.07, 6.45) is 1.31. The molecule has 1 N–H and O–H groups in total. The number of hydrogen-bond donors (Lipinski definition) is 1. The number of hydrogen-bond acceptors (Lipinski definition) is 5. The van der Waals surface area contributed by atoms with Crippen molar-refractivity contribution in [3.05, 3.63) is 5.82 Å². The SMILES string of the molecule is CC(OCc1nnnn1C1CC1)C(=O)O. The first-order valence-corrected chi connectivity index (χ1v) is 4.79. The maximum Gasteiger partial charge on any atom is 0.332 e. The molecule has 1 aromatic rings. The highest BCUT2D eigenvalue weighted by molar-refractivity contribution is 5.71. The molecule has 1 heterocycles. The van der Waals surface area contributed by atoms with Crippen LogP contribution in [0.3, 0.4) is 0 Å². The van der Waals surface area contributed by atoms with E-state index in [2.05, 4.69) is 15.5 Å². The number of ether oxygens (including phenoxy) is 1. The van der Waals surface area contributed by atoms with Crippen LogP contribution in [0.2, 0.25) is 0 Å². The van der Waals surface area contributed by atoms with E-state index in [4.69, 9.17) is 9.84 Å². The zero-order valence-electron chi connectivity index (χ0n) is 8.33. The highest BCUT2D eigenvalue weighted by Gasteiger charge is 2.28. The van der Waals surface area contributed by atoms with Gasteiger partial charge in [0.15, 0.2) is 11.9 Å². The van der Waals surface area contributed by atoms with Gasteiger partial charge in [-0.25, -0.2) is 9.48 Å². The third-order valence-corrected chi connectivity index (χ3v) is 2.26. The van der Waals surface area contributed by atoms with Crippen LogP contribution in [0.15, 0.2) is 0 Å². The molecule has 0 saturated heterocycles. The first kappa shape index (κ1) is 10.0. The Balaban J connectivity index is 1.92. The third kappa shape index (κ3) is 2.30. The molecule has 0 aliphatic heterocycles. The molecule has 0 bridgehead atoms. The van der Waals surface area contributed by atoms with Crippen LogP contribution in [0, 0.1) is 0 Å². The number of aliphatic carboxylic acids is 1. The maximum atomic E-state index is 10.5. The maximum absolute atomic E-state index is 10.5. The Kier molecular flexibility index (Phi) is 2.63. The van der Waals surface area contributed by atoms with E-state index in [1.165, 1.54) is 6.92 Å². The average Bonchev–Trinajstić information content (AvgIpc) is 2.94. The first-order chi connectivity index (χ1) is 7.18. The van der Waals surface area contributed by atoms with Crippen molar-refractivity contribution in [2.45, 2.75) is 38.5 Å². The van der Waals surface area contributed by atoms with E-state index in [1.807, 2.05) is 0 Å². The second-order valence-corrected chi connectivity index (χ2v) is 3.56. The van der Waals surface area contributed by atoms with Gasteiger partial charge in [-0.1, -0.05) is 0 Å². The molecule has 0 spiro atoms. The van der Waals surface area contributed by atoms with Gasteiger partial charge in [0.05, 0.1) is 6.04 Å². The van der Waals surface area contributed by atoms with Crippen LogP contribution in [0.1, 0.15) is 31.6 Å². The lowest BCUT2D eigenvalue weighted by Gasteiger charge is -2.07. The Hall–Kier alpha value is -1.50. The number of aromatic nitrogens is 4. The molecular formula is C8H12N4O3. The van der Waals surface area contributed by atoms with Gasteiger partial charge in [0.1, 0.15) is 6.61 Å². The Morgan fingerprint density at radius 1 is 1.73 bits per heavy atom. The number of carbonyl (C=O) groups is 1. The lowest BCUT2D eigenvalue weighted by Crippen LogP contribution is -2.20.